The molecule has 1 aliphatic carbocycles. The topological polar surface area (TPSA) is 81.4 Å². The van der Waals surface area contributed by atoms with Crippen molar-refractivity contribution in [2.75, 3.05) is 26.0 Å². The van der Waals surface area contributed by atoms with E-state index in [0.29, 0.717) is 13.2 Å². The van der Waals surface area contributed by atoms with E-state index < -0.39 is 10.0 Å². The van der Waals surface area contributed by atoms with Gasteiger partial charge in [0, 0.05) is 20.3 Å². The number of nitrogens with one attached hydrogen (secondary N) is 1. The summed E-state index contributed by atoms with van der Waals surface area (Å²) in [6, 6.07) is 0. The molecule has 0 bridgehead atoms. The Bertz CT molecular complexity index is 350. The first-order valence-corrected chi connectivity index (χ1v) is 7.20. The van der Waals surface area contributed by atoms with Crippen LogP contribution in [0.5, 0.6) is 0 Å². The third-order valence-electron chi connectivity index (χ3n) is 2.79. The van der Waals surface area contributed by atoms with E-state index in [0.717, 1.165) is 19.3 Å². The first-order chi connectivity index (χ1) is 7.39. The number of thiocarbonyl (C=S) groups is 1. The first kappa shape index (κ1) is 13.8. The Morgan fingerprint density at radius 2 is 2.19 bits per heavy atom. The van der Waals surface area contributed by atoms with Gasteiger partial charge >= 0.3 is 0 Å². The Kier molecular flexibility index (Phi) is 4.66. The highest BCUT2D eigenvalue weighted by molar-refractivity contribution is 7.92. The standard InChI is InChI=1S/C9H18N2O3S2/c1-14-5-4-9(2-3-9)7-11-16(12,13)6-8(10)15/h11H,2-7H2,1H3,(H2,10,15). The van der Waals surface area contributed by atoms with Gasteiger partial charge in [-0.25, -0.2) is 13.1 Å². The van der Waals surface area contributed by atoms with Crippen molar-refractivity contribution < 1.29 is 13.2 Å². The molecule has 0 aromatic heterocycles. The fraction of sp³-hybridized carbons (Fsp3) is 0.889. The lowest BCUT2D eigenvalue weighted by atomic mass is 10.0. The lowest BCUT2D eigenvalue weighted by Crippen LogP contribution is -2.36. The van der Waals surface area contributed by atoms with Gasteiger partial charge in [-0.1, -0.05) is 12.2 Å². The lowest BCUT2D eigenvalue weighted by molar-refractivity contribution is 0.173. The average Bonchev–Trinajstić information content (AvgIpc) is 2.91. The second kappa shape index (κ2) is 5.39. The zero-order valence-electron chi connectivity index (χ0n) is 9.36. The molecule has 16 heavy (non-hydrogen) atoms. The van der Waals surface area contributed by atoms with Gasteiger partial charge in [0.15, 0.2) is 0 Å². The van der Waals surface area contributed by atoms with Crippen molar-refractivity contribution in [3.8, 4) is 0 Å². The van der Waals surface area contributed by atoms with E-state index in [1.54, 1.807) is 7.11 Å². The minimum Gasteiger partial charge on any atom is -0.392 e. The highest BCUT2D eigenvalue weighted by Crippen LogP contribution is 2.48. The van der Waals surface area contributed by atoms with Crippen LogP contribution in [0.4, 0.5) is 0 Å². The molecule has 3 N–H and O–H groups in total. The molecular formula is C9H18N2O3S2. The molecule has 0 amide bonds. The van der Waals surface area contributed by atoms with E-state index in [1.807, 2.05) is 0 Å². The van der Waals surface area contributed by atoms with Crippen molar-refractivity contribution in [1.29, 1.82) is 0 Å². The van der Waals surface area contributed by atoms with Gasteiger partial charge in [0.2, 0.25) is 10.0 Å². The Balaban J connectivity index is 2.36. The molecule has 0 heterocycles. The summed E-state index contributed by atoms with van der Waals surface area (Å²) in [5.41, 5.74) is 5.30. The van der Waals surface area contributed by atoms with Crippen molar-refractivity contribution >= 4 is 27.2 Å². The van der Waals surface area contributed by atoms with E-state index in [9.17, 15) is 8.42 Å². The van der Waals surface area contributed by atoms with Gasteiger partial charge in [-0.2, -0.15) is 0 Å². The molecular weight excluding hydrogens is 248 g/mol. The Hall–Kier alpha value is -0.240. The molecule has 94 valence electrons. The summed E-state index contributed by atoms with van der Waals surface area (Å²) in [6.45, 7) is 1.12. The molecule has 7 heteroatoms. The van der Waals surface area contributed by atoms with Gasteiger partial charge in [0.1, 0.15) is 5.75 Å². The number of ether oxygens (including phenoxy) is 1. The summed E-state index contributed by atoms with van der Waals surface area (Å²) in [5.74, 6) is -0.275. The zero-order valence-corrected chi connectivity index (χ0v) is 11.0. The van der Waals surface area contributed by atoms with Crippen molar-refractivity contribution in [2.45, 2.75) is 19.3 Å². The quantitative estimate of drug-likeness (QED) is 0.605. The average molecular weight is 266 g/mol. The van der Waals surface area contributed by atoms with E-state index in [2.05, 4.69) is 16.9 Å². The lowest BCUT2D eigenvalue weighted by Gasteiger charge is -2.15. The Labute approximate surface area is 102 Å². The van der Waals surface area contributed by atoms with Crippen LogP contribution in [0.1, 0.15) is 19.3 Å². The van der Waals surface area contributed by atoms with Crippen LogP contribution >= 0.6 is 12.2 Å². The fourth-order valence-electron chi connectivity index (χ4n) is 1.51. The van der Waals surface area contributed by atoms with Gasteiger partial charge in [0.05, 0.1) is 4.99 Å². The summed E-state index contributed by atoms with van der Waals surface area (Å²) < 4.78 is 30.5. The second-order valence-electron chi connectivity index (χ2n) is 4.29. The molecule has 0 radical (unpaired) electrons. The van der Waals surface area contributed by atoms with Gasteiger partial charge in [-0.3, -0.25) is 0 Å². The molecule has 0 aliphatic heterocycles. The molecule has 0 atom stereocenters. The maximum atomic E-state index is 11.5. The first-order valence-electron chi connectivity index (χ1n) is 5.14. The normalized spacial score (nSPS) is 18.3. The third kappa shape index (κ3) is 4.73. The minimum atomic E-state index is -3.36. The number of methoxy groups -OCH3 is 1. The zero-order chi connectivity index (χ0) is 12.2. The summed E-state index contributed by atoms with van der Waals surface area (Å²) in [4.78, 5) is -0.00533. The molecule has 0 aromatic rings. The number of hydrogen-bond donors (Lipinski definition) is 2. The summed E-state index contributed by atoms with van der Waals surface area (Å²) >= 11 is 4.58. The SMILES string of the molecule is COCCC1(CNS(=O)(=O)CC(N)=S)CC1. The van der Waals surface area contributed by atoms with E-state index in [1.165, 1.54) is 0 Å². The van der Waals surface area contributed by atoms with E-state index in [-0.39, 0.29) is 16.2 Å². The maximum absolute atomic E-state index is 11.5. The molecule has 0 spiro atoms. The van der Waals surface area contributed by atoms with Gasteiger partial charge < -0.3 is 10.5 Å². The molecule has 1 saturated carbocycles. The van der Waals surface area contributed by atoms with E-state index in [4.69, 9.17) is 10.5 Å². The minimum absolute atomic E-state index is 0.00533. The van der Waals surface area contributed by atoms with Gasteiger partial charge in [-0.05, 0) is 24.7 Å². The van der Waals surface area contributed by atoms with Crippen LogP contribution < -0.4 is 10.5 Å². The third-order valence-corrected chi connectivity index (χ3v) is 4.40. The highest BCUT2D eigenvalue weighted by Gasteiger charge is 2.42. The largest absolute Gasteiger partial charge is 0.392 e. The fourth-order valence-corrected chi connectivity index (χ4v) is 2.98. The van der Waals surface area contributed by atoms with Crippen LogP contribution in [0.25, 0.3) is 0 Å². The number of sulfonamides is 1. The Morgan fingerprint density at radius 1 is 1.56 bits per heavy atom. The predicted molar refractivity (Wildman–Crippen MR) is 66.7 cm³/mol. The summed E-state index contributed by atoms with van der Waals surface area (Å²) in [5, 5.41) is 0. The monoisotopic (exact) mass is 266 g/mol. The predicted octanol–water partition coefficient (Wildman–Crippen LogP) is 0.00860. The Morgan fingerprint density at radius 3 is 2.62 bits per heavy atom. The van der Waals surface area contributed by atoms with Crippen LogP contribution in [-0.2, 0) is 14.8 Å². The molecule has 0 saturated heterocycles. The van der Waals surface area contributed by atoms with Gasteiger partial charge in [0.25, 0.3) is 0 Å². The van der Waals surface area contributed by atoms with Crippen LogP contribution in [0, 0.1) is 5.41 Å². The summed E-state index contributed by atoms with van der Waals surface area (Å²) in [6.07, 6.45) is 2.98. The number of hydrogen-bond acceptors (Lipinski definition) is 4. The smallest absolute Gasteiger partial charge is 0.218 e. The summed E-state index contributed by atoms with van der Waals surface area (Å²) in [7, 11) is -1.71. The van der Waals surface area contributed by atoms with E-state index >= 15 is 0 Å². The van der Waals surface area contributed by atoms with Crippen molar-refractivity contribution in [3.05, 3.63) is 0 Å². The van der Waals surface area contributed by atoms with Crippen molar-refractivity contribution in [1.82, 2.24) is 4.72 Å². The highest BCUT2D eigenvalue weighted by atomic mass is 32.2. The van der Waals surface area contributed by atoms with Crippen molar-refractivity contribution in [2.24, 2.45) is 11.1 Å². The molecule has 0 unspecified atom stereocenters. The van der Waals surface area contributed by atoms with Crippen molar-refractivity contribution in [3.63, 3.8) is 0 Å². The van der Waals surface area contributed by atoms with Gasteiger partial charge in [-0.15, -0.1) is 0 Å². The van der Waals surface area contributed by atoms with Crippen LogP contribution in [0.3, 0.4) is 0 Å². The number of rotatable bonds is 8. The molecule has 0 aromatic carbocycles. The molecule has 1 fully saturated rings. The maximum Gasteiger partial charge on any atom is 0.218 e. The molecule has 1 rings (SSSR count). The van der Waals surface area contributed by atoms with Crippen LogP contribution in [0.15, 0.2) is 0 Å². The van der Waals surface area contributed by atoms with Crippen LogP contribution in [-0.4, -0.2) is 39.4 Å². The second-order valence-corrected chi connectivity index (χ2v) is 6.62. The van der Waals surface area contributed by atoms with Crippen LogP contribution in [0.2, 0.25) is 0 Å². The molecule has 5 nitrogen and oxygen atoms in total. The molecule has 1 aliphatic rings. The number of nitrogens with two attached hydrogens (primary N) is 1.